The molecule has 1 aliphatic rings. The lowest BCUT2D eigenvalue weighted by atomic mass is 9.87. The molecule has 1 fully saturated rings. The smallest absolute Gasteiger partial charge is 0.253 e. The van der Waals surface area contributed by atoms with Gasteiger partial charge in [-0.25, -0.2) is 0 Å². The van der Waals surface area contributed by atoms with Crippen LogP contribution < -0.4 is 5.73 Å². The van der Waals surface area contributed by atoms with Gasteiger partial charge in [-0.2, -0.15) is 0 Å². The van der Waals surface area contributed by atoms with Crippen LogP contribution in [0.4, 0.5) is 0 Å². The van der Waals surface area contributed by atoms with E-state index in [4.69, 9.17) is 17.3 Å². The summed E-state index contributed by atoms with van der Waals surface area (Å²) in [5.74, 6) is 1.09. The zero-order chi connectivity index (χ0) is 14.0. The van der Waals surface area contributed by atoms with Crippen molar-refractivity contribution in [3.05, 3.63) is 34.3 Å². The summed E-state index contributed by atoms with van der Waals surface area (Å²) >= 11 is 5.99. The molecule has 104 valence electrons. The molecule has 0 aliphatic carbocycles. The number of aryl methyl sites for hydroxylation is 1. The Balaban J connectivity index is 2.13. The first kappa shape index (κ1) is 14.4. The van der Waals surface area contributed by atoms with Crippen LogP contribution in [0, 0.1) is 18.8 Å². The quantitative estimate of drug-likeness (QED) is 0.905. The number of halogens is 1. The Bertz CT molecular complexity index is 475. The first-order valence-electron chi connectivity index (χ1n) is 6.78. The molecule has 4 heteroatoms. The maximum Gasteiger partial charge on any atom is 0.253 e. The molecule has 1 aliphatic heterocycles. The Morgan fingerprint density at radius 3 is 2.89 bits per heavy atom. The van der Waals surface area contributed by atoms with E-state index >= 15 is 0 Å². The second-order valence-electron chi connectivity index (χ2n) is 5.48. The molecule has 2 unspecified atom stereocenters. The second kappa shape index (κ2) is 5.93. The molecule has 2 atom stereocenters. The highest BCUT2D eigenvalue weighted by atomic mass is 35.5. The minimum absolute atomic E-state index is 0.0881. The van der Waals surface area contributed by atoms with E-state index in [1.807, 2.05) is 17.9 Å². The predicted octanol–water partition coefficient (Wildman–Crippen LogP) is 2.71. The summed E-state index contributed by atoms with van der Waals surface area (Å²) in [5.41, 5.74) is 7.44. The number of nitrogens with zero attached hydrogens (tertiary/aromatic N) is 1. The number of benzene rings is 1. The largest absolute Gasteiger partial charge is 0.338 e. The summed E-state index contributed by atoms with van der Waals surface area (Å²) in [5, 5.41) is 0.698. The molecule has 19 heavy (non-hydrogen) atoms. The number of hydrogen-bond acceptors (Lipinski definition) is 2. The summed E-state index contributed by atoms with van der Waals surface area (Å²) in [4.78, 5) is 14.4. The molecule has 0 radical (unpaired) electrons. The number of rotatable bonds is 2. The fraction of sp³-hybridized carbons (Fsp3) is 0.533. The molecule has 3 nitrogen and oxygen atoms in total. The number of likely N-dealkylation sites (tertiary alicyclic amines) is 1. The Labute approximate surface area is 119 Å². The van der Waals surface area contributed by atoms with Gasteiger partial charge in [0.05, 0.1) is 0 Å². The van der Waals surface area contributed by atoms with Gasteiger partial charge in [0, 0.05) is 23.7 Å². The van der Waals surface area contributed by atoms with Gasteiger partial charge < -0.3 is 10.6 Å². The van der Waals surface area contributed by atoms with Gasteiger partial charge in [0.2, 0.25) is 0 Å². The number of carbonyl (C=O) groups excluding carboxylic acids is 1. The number of carbonyl (C=O) groups is 1. The highest BCUT2D eigenvalue weighted by Crippen LogP contribution is 2.24. The van der Waals surface area contributed by atoms with Crippen molar-refractivity contribution in [2.45, 2.75) is 20.3 Å². The normalized spacial score (nSPS) is 23.5. The highest BCUT2D eigenvalue weighted by Gasteiger charge is 2.28. The van der Waals surface area contributed by atoms with Crippen molar-refractivity contribution in [3.63, 3.8) is 0 Å². The second-order valence-corrected chi connectivity index (χ2v) is 5.88. The summed E-state index contributed by atoms with van der Waals surface area (Å²) in [6, 6.07) is 5.45. The highest BCUT2D eigenvalue weighted by molar-refractivity contribution is 6.31. The fourth-order valence-electron chi connectivity index (χ4n) is 2.60. The van der Waals surface area contributed by atoms with Crippen molar-refractivity contribution in [2.75, 3.05) is 19.6 Å². The van der Waals surface area contributed by atoms with Gasteiger partial charge >= 0.3 is 0 Å². The lowest BCUT2D eigenvalue weighted by Crippen LogP contribution is -2.45. The molecule has 2 N–H and O–H groups in total. The zero-order valence-electron chi connectivity index (χ0n) is 11.5. The molecule has 0 spiro atoms. The summed E-state index contributed by atoms with van der Waals surface area (Å²) < 4.78 is 0. The maximum atomic E-state index is 12.5. The Morgan fingerprint density at radius 2 is 2.26 bits per heavy atom. The van der Waals surface area contributed by atoms with Crippen LogP contribution in [0.5, 0.6) is 0 Å². The van der Waals surface area contributed by atoms with Crippen molar-refractivity contribution < 1.29 is 4.79 Å². The predicted molar refractivity (Wildman–Crippen MR) is 78.4 cm³/mol. The fourth-order valence-corrected chi connectivity index (χ4v) is 2.72. The van der Waals surface area contributed by atoms with Gasteiger partial charge in [-0.3, -0.25) is 4.79 Å². The molecular weight excluding hydrogens is 260 g/mol. The molecule has 2 rings (SSSR count). The summed E-state index contributed by atoms with van der Waals surface area (Å²) in [6.45, 7) is 6.35. The zero-order valence-corrected chi connectivity index (χ0v) is 12.3. The van der Waals surface area contributed by atoms with Crippen LogP contribution in [-0.2, 0) is 0 Å². The van der Waals surface area contributed by atoms with Gasteiger partial charge in [-0.05, 0) is 55.5 Å². The van der Waals surface area contributed by atoms with Crippen LogP contribution in [0.25, 0.3) is 0 Å². The van der Waals surface area contributed by atoms with E-state index in [0.717, 1.165) is 25.1 Å². The third-order valence-corrected chi connectivity index (χ3v) is 4.53. The van der Waals surface area contributed by atoms with Crippen LogP contribution in [0.15, 0.2) is 18.2 Å². The van der Waals surface area contributed by atoms with Gasteiger partial charge in [-0.1, -0.05) is 18.5 Å². The first-order valence-corrected chi connectivity index (χ1v) is 7.16. The van der Waals surface area contributed by atoms with Gasteiger partial charge in [0.15, 0.2) is 0 Å². The number of nitrogens with two attached hydrogens (primary N) is 1. The van der Waals surface area contributed by atoms with E-state index in [-0.39, 0.29) is 5.91 Å². The van der Waals surface area contributed by atoms with Crippen molar-refractivity contribution in [3.8, 4) is 0 Å². The molecule has 0 bridgehead atoms. The lowest BCUT2D eigenvalue weighted by molar-refractivity contribution is 0.0618. The van der Waals surface area contributed by atoms with Crippen LogP contribution in [0.3, 0.4) is 0 Å². The van der Waals surface area contributed by atoms with Gasteiger partial charge in [-0.15, -0.1) is 0 Å². The molecule has 1 amide bonds. The number of amides is 1. The number of hydrogen-bond donors (Lipinski definition) is 1. The van der Waals surface area contributed by atoms with Crippen molar-refractivity contribution >= 4 is 17.5 Å². The Morgan fingerprint density at radius 1 is 1.53 bits per heavy atom. The average molecular weight is 281 g/mol. The molecule has 0 aromatic heterocycles. The maximum absolute atomic E-state index is 12.5. The van der Waals surface area contributed by atoms with E-state index in [1.54, 1.807) is 12.1 Å². The topological polar surface area (TPSA) is 46.3 Å². The molecular formula is C15H21ClN2O. The monoisotopic (exact) mass is 280 g/mol. The van der Waals surface area contributed by atoms with E-state index < -0.39 is 0 Å². The minimum Gasteiger partial charge on any atom is -0.338 e. The van der Waals surface area contributed by atoms with E-state index in [0.29, 0.717) is 29.0 Å². The standard InChI is InChI=1S/C15H21ClN2O/c1-10-5-6-18(9-13(10)8-17)15(19)12-3-4-14(16)11(2)7-12/h3-4,7,10,13H,5-6,8-9,17H2,1-2H3. The van der Waals surface area contributed by atoms with Crippen LogP contribution in [-0.4, -0.2) is 30.4 Å². The summed E-state index contributed by atoms with van der Waals surface area (Å²) in [6.07, 6.45) is 1.03. The molecule has 0 saturated carbocycles. The Hall–Kier alpha value is -1.06. The van der Waals surface area contributed by atoms with E-state index in [9.17, 15) is 4.79 Å². The van der Waals surface area contributed by atoms with Crippen molar-refractivity contribution in [2.24, 2.45) is 17.6 Å². The third kappa shape index (κ3) is 3.10. The van der Waals surface area contributed by atoms with Crippen LogP contribution in [0.2, 0.25) is 5.02 Å². The van der Waals surface area contributed by atoms with E-state index in [2.05, 4.69) is 6.92 Å². The molecule has 1 saturated heterocycles. The summed E-state index contributed by atoms with van der Waals surface area (Å²) in [7, 11) is 0. The third-order valence-electron chi connectivity index (χ3n) is 4.11. The SMILES string of the molecule is Cc1cc(C(=O)N2CCC(C)C(CN)C2)ccc1Cl. The Kier molecular flexibility index (Phi) is 4.48. The van der Waals surface area contributed by atoms with Crippen LogP contribution in [0.1, 0.15) is 29.3 Å². The van der Waals surface area contributed by atoms with Crippen LogP contribution >= 0.6 is 11.6 Å². The van der Waals surface area contributed by atoms with Gasteiger partial charge in [0.1, 0.15) is 0 Å². The first-order chi connectivity index (χ1) is 9.02. The average Bonchev–Trinajstić information content (AvgIpc) is 2.41. The van der Waals surface area contributed by atoms with Crippen molar-refractivity contribution in [1.29, 1.82) is 0 Å². The number of piperidine rings is 1. The molecule has 1 aromatic rings. The molecule has 1 heterocycles. The van der Waals surface area contributed by atoms with Gasteiger partial charge in [0.25, 0.3) is 5.91 Å². The minimum atomic E-state index is 0.0881. The van der Waals surface area contributed by atoms with Crippen molar-refractivity contribution in [1.82, 2.24) is 4.90 Å². The molecule has 1 aromatic carbocycles. The van der Waals surface area contributed by atoms with E-state index in [1.165, 1.54) is 0 Å². The lowest BCUT2D eigenvalue weighted by Gasteiger charge is -2.36.